The lowest BCUT2D eigenvalue weighted by atomic mass is 10.2. The van der Waals surface area contributed by atoms with Crippen molar-refractivity contribution in [3.63, 3.8) is 0 Å². The van der Waals surface area contributed by atoms with E-state index in [1.54, 1.807) is 0 Å². The fourth-order valence-electron chi connectivity index (χ4n) is 1.38. The Morgan fingerprint density at radius 1 is 1.33 bits per heavy atom. The molecule has 4 nitrogen and oxygen atoms in total. The molecule has 2 rings (SSSR count). The van der Waals surface area contributed by atoms with Gasteiger partial charge in [-0.3, -0.25) is 9.59 Å². The molecule has 1 aromatic heterocycles. The minimum absolute atomic E-state index is 0.0715. The number of hydrogen-bond acceptors (Lipinski definition) is 2. The molecular weight excluding hydrogens is 259 g/mol. The maximum absolute atomic E-state index is 13.0. The van der Waals surface area contributed by atoms with E-state index < -0.39 is 17.2 Å². The first-order valence-corrected chi connectivity index (χ1v) is 5.39. The van der Waals surface area contributed by atoms with Gasteiger partial charge in [-0.1, -0.05) is 11.6 Å². The predicted octanol–water partition coefficient (Wildman–Crippen LogP) is 2.42. The first-order chi connectivity index (χ1) is 8.58. The number of hydrogen-bond donors (Lipinski definition) is 2. The van der Waals surface area contributed by atoms with Gasteiger partial charge in [-0.15, -0.1) is 0 Å². The van der Waals surface area contributed by atoms with Crippen molar-refractivity contribution in [3.8, 4) is 0 Å². The van der Waals surface area contributed by atoms with Gasteiger partial charge in [0.05, 0.1) is 10.7 Å². The monoisotopic (exact) mass is 266 g/mol. The Balaban J connectivity index is 2.30. The van der Waals surface area contributed by atoms with E-state index >= 15 is 0 Å². The molecule has 0 saturated heterocycles. The number of nitrogens with one attached hydrogen (secondary N) is 2. The summed E-state index contributed by atoms with van der Waals surface area (Å²) in [4.78, 5) is 25.8. The number of aromatic nitrogens is 1. The van der Waals surface area contributed by atoms with Gasteiger partial charge >= 0.3 is 0 Å². The lowest BCUT2D eigenvalue weighted by molar-refractivity contribution is 0.102. The van der Waals surface area contributed by atoms with Crippen LogP contribution in [0.15, 0.2) is 41.5 Å². The molecule has 0 fully saturated rings. The van der Waals surface area contributed by atoms with Crippen molar-refractivity contribution in [2.45, 2.75) is 0 Å². The minimum atomic E-state index is -0.649. The molecular formula is C12H8ClFN2O2. The third-order valence-electron chi connectivity index (χ3n) is 2.25. The molecule has 6 heteroatoms. The quantitative estimate of drug-likeness (QED) is 0.877. The van der Waals surface area contributed by atoms with E-state index in [9.17, 15) is 14.0 Å². The number of carbonyl (C=O) groups excluding carboxylic acids is 1. The van der Waals surface area contributed by atoms with E-state index in [-0.39, 0.29) is 16.3 Å². The lowest BCUT2D eigenvalue weighted by Crippen LogP contribution is -2.21. The highest BCUT2D eigenvalue weighted by Gasteiger charge is 2.11. The fraction of sp³-hybridized carbons (Fsp3) is 0. The van der Waals surface area contributed by atoms with Crippen LogP contribution < -0.4 is 10.7 Å². The number of pyridine rings is 1. The Bertz CT molecular complexity index is 655. The maximum Gasteiger partial charge on any atom is 0.261 e. The Hall–Kier alpha value is -2.14. The van der Waals surface area contributed by atoms with Crippen LogP contribution >= 0.6 is 11.6 Å². The van der Waals surface area contributed by atoms with Gasteiger partial charge in [-0.2, -0.15) is 0 Å². The van der Waals surface area contributed by atoms with Crippen LogP contribution in [-0.2, 0) is 0 Å². The number of aromatic amines is 1. The van der Waals surface area contributed by atoms with Crippen molar-refractivity contribution in [2.24, 2.45) is 0 Å². The van der Waals surface area contributed by atoms with Crippen LogP contribution in [0.5, 0.6) is 0 Å². The largest absolute Gasteiger partial charge is 0.367 e. The first-order valence-electron chi connectivity index (χ1n) is 5.01. The van der Waals surface area contributed by atoms with E-state index in [2.05, 4.69) is 10.3 Å². The molecule has 0 spiro atoms. The van der Waals surface area contributed by atoms with E-state index in [4.69, 9.17) is 11.6 Å². The Morgan fingerprint density at radius 2 is 2.11 bits per heavy atom. The second kappa shape index (κ2) is 5.01. The smallest absolute Gasteiger partial charge is 0.261 e. The fourth-order valence-corrected chi connectivity index (χ4v) is 1.54. The van der Waals surface area contributed by atoms with Gasteiger partial charge in [0.2, 0.25) is 0 Å². The zero-order valence-corrected chi connectivity index (χ0v) is 9.79. The molecule has 0 saturated carbocycles. The normalized spacial score (nSPS) is 10.1. The summed E-state index contributed by atoms with van der Waals surface area (Å²) in [7, 11) is 0. The van der Waals surface area contributed by atoms with Crippen LogP contribution in [0.2, 0.25) is 5.02 Å². The van der Waals surface area contributed by atoms with Gasteiger partial charge in [-0.25, -0.2) is 4.39 Å². The van der Waals surface area contributed by atoms with Gasteiger partial charge in [0, 0.05) is 18.5 Å². The summed E-state index contributed by atoms with van der Waals surface area (Å²) in [5.41, 5.74) is -0.387. The van der Waals surface area contributed by atoms with E-state index in [0.717, 1.165) is 6.07 Å². The SMILES string of the molecule is O=C(Nc1cc(F)ccc1Cl)c1c[nH]ccc1=O. The minimum Gasteiger partial charge on any atom is -0.367 e. The predicted molar refractivity (Wildman–Crippen MR) is 66.4 cm³/mol. The van der Waals surface area contributed by atoms with Crippen molar-refractivity contribution in [1.29, 1.82) is 0 Å². The molecule has 0 aliphatic heterocycles. The van der Waals surface area contributed by atoms with Crippen LogP contribution in [0.1, 0.15) is 10.4 Å². The Labute approximate surface area is 106 Å². The van der Waals surface area contributed by atoms with Crippen LogP contribution in [-0.4, -0.2) is 10.9 Å². The van der Waals surface area contributed by atoms with Crippen LogP contribution in [0, 0.1) is 5.82 Å². The average molecular weight is 267 g/mol. The van der Waals surface area contributed by atoms with Crippen LogP contribution in [0.4, 0.5) is 10.1 Å². The third kappa shape index (κ3) is 2.57. The highest BCUT2D eigenvalue weighted by atomic mass is 35.5. The number of amides is 1. The second-order valence-electron chi connectivity index (χ2n) is 3.50. The summed E-state index contributed by atoms with van der Waals surface area (Å²) in [5.74, 6) is -1.18. The van der Waals surface area contributed by atoms with Gasteiger partial charge in [0.15, 0.2) is 5.43 Å². The van der Waals surface area contributed by atoms with Crippen LogP contribution in [0.25, 0.3) is 0 Å². The molecule has 2 N–H and O–H groups in total. The summed E-state index contributed by atoms with van der Waals surface area (Å²) in [6, 6.07) is 4.80. The Kier molecular flexibility index (Phi) is 3.43. The average Bonchev–Trinajstić information content (AvgIpc) is 2.34. The standard InChI is InChI=1S/C12H8ClFN2O2/c13-9-2-1-7(14)5-10(9)16-12(18)8-6-15-4-3-11(8)17/h1-6H,(H,15,17)(H,16,18). The number of rotatable bonds is 2. The number of H-pyrrole nitrogens is 1. The molecule has 1 heterocycles. The molecule has 0 aliphatic rings. The van der Waals surface area contributed by atoms with Crippen molar-refractivity contribution in [2.75, 3.05) is 5.32 Å². The molecule has 1 amide bonds. The van der Waals surface area contributed by atoms with E-state index in [1.807, 2.05) is 0 Å². The summed E-state index contributed by atoms with van der Waals surface area (Å²) in [6.07, 6.45) is 2.68. The van der Waals surface area contributed by atoms with E-state index in [1.165, 1.54) is 30.6 Å². The van der Waals surface area contributed by atoms with Gasteiger partial charge < -0.3 is 10.3 Å². The van der Waals surface area contributed by atoms with E-state index in [0.29, 0.717) is 0 Å². The number of carbonyl (C=O) groups is 1. The maximum atomic E-state index is 13.0. The number of benzene rings is 1. The molecule has 18 heavy (non-hydrogen) atoms. The van der Waals surface area contributed by atoms with Crippen LogP contribution in [0.3, 0.4) is 0 Å². The van der Waals surface area contributed by atoms with Gasteiger partial charge in [0.25, 0.3) is 5.91 Å². The van der Waals surface area contributed by atoms with Crippen molar-refractivity contribution >= 4 is 23.2 Å². The number of anilines is 1. The topological polar surface area (TPSA) is 62.0 Å². The molecule has 2 aromatic rings. The zero-order chi connectivity index (χ0) is 13.1. The highest BCUT2D eigenvalue weighted by Crippen LogP contribution is 2.22. The third-order valence-corrected chi connectivity index (χ3v) is 2.57. The molecule has 92 valence electrons. The molecule has 1 aromatic carbocycles. The summed E-state index contributed by atoms with van der Waals surface area (Å²) in [6.45, 7) is 0. The molecule has 0 bridgehead atoms. The Morgan fingerprint density at radius 3 is 2.83 bits per heavy atom. The lowest BCUT2D eigenvalue weighted by Gasteiger charge is -2.06. The highest BCUT2D eigenvalue weighted by molar-refractivity contribution is 6.33. The molecule has 0 unspecified atom stereocenters. The molecule has 0 radical (unpaired) electrons. The summed E-state index contributed by atoms with van der Waals surface area (Å²) in [5, 5.41) is 2.57. The van der Waals surface area contributed by atoms with Gasteiger partial charge in [0.1, 0.15) is 11.4 Å². The first kappa shape index (κ1) is 12.3. The van der Waals surface area contributed by atoms with Crippen molar-refractivity contribution < 1.29 is 9.18 Å². The zero-order valence-electron chi connectivity index (χ0n) is 9.04. The molecule has 0 aliphatic carbocycles. The summed E-state index contributed by atoms with van der Waals surface area (Å²) < 4.78 is 13.0. The van der Waals surface area contributed by atoms with Gasteiger partial charge in [-0.05, 0) is 18.2 Å². The molecule has 0 atom stereocenters. The second-order valence-corrected chi connectivity index (χ2v) is 3.91. The van der Waals surface area contributed by atoms with Crippen molar-refractivity contribution in [3.05, 3.63) is 63.3 Å². The summed E-state index contributed by atoms with van der Waals surface area (Å²) >= 11 is 5.80. The van der Waals surface area contributed by atoms with Crippen molar-refractivity contribution in [1.82, 2.24) is 4.98 Å². The number of halogens is 2.